The maximum atomic E-state index is 12.9. The Bertz CT molecular complexity index is 1010. The van der Waals surface area contributed by atoms with Crippen LogP contribution in [-0.4, -0.2) is 34.8 Å². The second kappa shape index (κ2) is 8.76. The molecule has 2 aliphatic rings. The Morgan fingerprint density at radius 2 is 2.03 bits per heavy atom. The zero-order chi connectivity index (χ0) is 22.2. The van der Waals surface area contributed by atoms with Gasteiger partial charge in [-0.25, -0.2) is 4.98 Å². The van der Waals surface area contributed by atoms with Crippen LogP contribution in [0.15, 0.2) is 18.2 Å². The molecule has 0 unspecified atom stereocenters. The average molecular weight is 473 g/mol. The van der Waals surface area contributed by atoms with Gasteiger partial charge in [0.2, 0.25) is 11.8 Å². The normalized spacial score (nSPS) is 17.0. The zero-order valence-corrected chi connectivity index (χ0v) is 18.0. The number of amides is 2. The smallest absolute Gasteiger partial charge is 0.324 e. The number of nitrogens with one attached hydrogen (secondary N) is 2. The van der Waals surface area contributed by atoms with E-state index in [1.165, 1.54) is 11.3 Å². The lowest BCUT2D eigenvalue weighted by molar-refractivity contribution is -0.137. The van der Waals surface area contributed by atoms with E-state index in [2.05, 4.69) is 15.6 Å². The number of alkyl halides is 3. The van der Waals surface area contributed by atoms with Crippen LogP contribution >= 0.6 is 22.9 Å². The molecular weight excluding hydrogens is 453 g/mol. The van der Waals surface area contributed by atoms with Crippen molar-refractivity contribution in [2.24, 2.45) is 5.92 Å². The van der Waals surface area contributed by atoms with Crippen LogP contribution in [0, 0.1) is 5.92 Å². The highest BCUT2D eigenvalue weighted by Gasteiger charge is 2.31. The predicted octanol–water partition coefficient (Wildman–Crippen LogP) is 4.55. The molecule has 166 valence electrons. The fourth-order valence-electron chi connectivity index (χ4n) is 3.50. The highest BCUT2D eigenvalue weighted by atomic mass is 35.5. The van der Waals surface area contributed by atoms with Crippen molar-refractivity contribution in [3.8, 4) is 0 Å². The van der Waals surface area contributed by atoms with Crippen LogP contribution in [-0.2, 0) is 28.7 Å². The van der Waals surface area contributed by atoms with Gasteiger partial charge in [0.1, 0.15) is 0 Å². The molecule has 2 aromatic rings. The van der Waals surface area contributed by atoms with E-state index in [1.807, 2.05) is 4.90 Å². The average Bonchev–Trinajstić information content (AvgIpc) is 3.02. The number of carbonyl (C=O) groups excluding carboxylic acids is 2. The van der Waals surface area contributed by atoms with E-state index in [1.54, 1.807) is 0 Å². The maximum Gasteiger partial charge on any atom is 0.416 e. The van der Waals surface area contributed by atoms with E-state index >= 15 is 0 Å². The molecule has 0 atom stereocenters. The van der Waals surface area contributed by atoms with Crippen LogP contribution in [0.4, 0.5) is 24.0 Å². The van der Waals surface area contributed by atoms with E-state index < -0.39 is 17.6 Å². The molecule has 1 saturated carbocycles. The Morgan fingerprint density at radius 3 is 2.71 bits per heavy atom. The molecule has 1 aliphatic carbocycles. The lowest BCUT2D eigenvalue weighted by Gasteiger charge is -2.25. The van der Waals surface area contributed by atoms with E-state index in [4.69, 9.17) is 11.6 Å². The number of fused-ring (bicyclic) bond motifs is 1. The number of nitrogens with zero attached hydrogens (tertiary/aromatic N) is 2. The van der Waals surface area contributed by atoms with Gasteiger partial charge in [-0.05, 0) is 31.0 Å². The number of aromatic nitrogens is 1. The number of anilines is 2. The van der Waals surface area contributed by atoms with Crippen molar-refractivity contribution < 1.29 is 22.8 Å². The Labute approximate surface area is 185 Å². The molecule has 11 heteroatoms. The molecule has 0 bridgehead atoms. The molecule has 4 rings (SSSR count). The molecule has 1 aromatic heterocycles. The number of halogens is 4. The Hall–Kier alpha value is -2.17. The first-order valence-corrected chi connectivity index (χ1v) is 11.1. The van der Waals surface area contributed by atoms with Crippen molar-refractivity contribution in [2.75, 3.05) is 23.7 Å². The van der Waals surface area contributed by atoms with Gasteiger partial charge in [-0.3, -0.25) is 14.5 Å². The first-order valence-electron chi connectivity index (χ1n) is 9.87. The van der Waals surface area contributed by atoms with Crippen LogP contribution in [0.5, 0.6) is 0 Å². The van der Waals surface area contributed by atoms with Gasteiger partial charge in [0.05, 0.1) is 28.5 Å². The first-order chi connectivity index (χ1) is 14.7. The number of hydrogen-bond acceptors (Lipinski definition) is 5. The Balaban J connectivity index is 1.35. The number of rotatable bonds is 5. The molecule has 6 nitrogen and oxygen atoms in total. The molecule has 2 amide bonds. The minimum absolute atomic E-state index is 0.00606. The summed E-state index contributed by atoms with van der Waals surface area (Å²) in [5, 5.41) is 5.96. The van der Waals surface area contributed by atoms with Crippen molar-refractivity contribution >= 4 is 45.6 Å². The van der Waals surface area contributed by atoms with Crippen LogP contribution in [0.3, 0.4) is 0 Å². The standard InChI is InChI=1S/C20H20ClF3N4O2S/c21-13-5-4-12(20(22,23)24)8-15(13)25-17(29)10-28-7-6-14-16(9-28)31-19(26-14)27-18(30)11-2-1-3-11/h4-5,8,11H,1-3,6-7,9-10H2,(H,25,29)(H,26,27,30). The molecule has 0 saturated heterocycles. The summed E-state index contributed by atoms with van der Waals surface area (Å²) in [6, 6.07) is 2.81. The molecule has 2 heterocycles. The predicted molar refractivity (Wildman–Crippen MR) is 112 cm³/mol. The third kappa shape index (κ3) is 5.19. The summed E-state index contributed by atoms with van der Waals surface area (Å²) in [5.74, 6) is -0.372. The highest BCUT2D eigenvalue weighted by Crippen LogP contribution is 2.34. The summed E-state index contributed by atoms with van der Waals surface area (Å²) in [6.07, 6.45) is -0.991. The van der Waals surface area contributed by atoms with E-state index in [9.17, 15) is 22.8 Å². The van der Waals surface area contributed by atoms with Gasteiger partial charge in [0.25, 0.3) is 0 Å². The molecule has 1 aromatic carbocycles. The molecule has 31 heavy (non-hydrogen) atoms. The molecular formula is C20H20ClF3N4O2S. The number of benzene rings is 1. The number of hydrogen-bond donors (Lipinski definition) is 2. The highest BCUT2D eigenvalue weighted by molar-refractivity contribution is 7.15. The topological polar surface area (TPSA) is 74.3 Å². The molecule has 1 fully saturated rings. The number of thiazole rings is 1. The summed E-state index contributed by atoms with van der Waals surface area (Å²) >= 11 is 7.34. The van der Waals surface area contributed by atoms with Gasteiger partial charge >= 0.3 is 6.18 Å². The summed E-state index contributed by atoms with van der Waals surface area (Å²) in [6.45, 7) is 1.07. The minimum atomic E-state index is -4.52. The van der Waals surface area contributed by atoms with Crippen LogP contribution < -0.4 is 10.6 Å². The third-order valence-electron chi connectivity index (χ3n) is 5.45. The minimum Gasteiger partial charge on any atom is -0.324 e. The lowest BCUT2D eigenvalue weighted by atomic mass is 9.85. The van der Waals surface area contributed by atoms with Gasteiger partial charge in [-0.1, -0.05) is 18.0 Å². The lowest BCUT2D eigenvalue weighted by Crippen LogP contribution is -2.36. The van der Waals surface area contributed by atoms with Crippen molar-refractivity contribution in [3.63, 3.8) is 0 Å². The summed E-state index contributed by atoms with van der Waals surface area (Å²) < 4.78 is 38.7. The maximum absolute atomic E-state index is 12.9. The summed E-state index contributed by atoms with van der Waals surface area (Å²) in [5.41, 5.74) is -0.0413. The van der Waals surface area contributed by atoms with Crippen molar-refractivity contribution in [1.29, 1.82) is 0 Å². The van der Waals surface area contributed by atoms with Crippen LogP contribution in [0.25, 0.3) is 0 Å². The van der Waals surface area contributed by atoms with Crippen molar-refractivity contribution in [1.82, 2.24) is 9.88 Å². The molecule has 1 aliphatic heterocycles. The van der Waals surface area contributed by atoms with Crippen LogP contribution in [0.2, 0.25) is 5.02 Å². The van der Waals surface area contributed by atoms with E-state index in [-0.39, 0.29) is 29.1 Å². The van der Waals surface area contributed by atoms with Gasteiger partial charge in [-0.2, -0.15) is 13.2 Å². The van der Waals surface area contributed by atoms with Gasteiger partial charge < -0.3 is 10.6 Å². The summed E-state index contributed by atoms with van der Waals surface area (Å²) in [7, 11) is 0. The van der Waals surface area contributed by atoms with Crippen molar-refractivity contribution in [2.45, 2.75) is 38.4 Å². The molecule has 2 N–H and O–H groups in total. The molecule has 0 spiro atoms. The van der Waals surface area contributed by atoms with Crippen LogP contribution in [0.1, 0.15) is 35.4 Å². The fraction of sp³-hybridized carbons (Fsp3) is 0.450. The fourth-order valence-corrected chi connectivity index (χ4v) is 4.72. The zero-order valence-electron chi connectivity index (χ0n) is 16.4. The largest absolute Gasteiger partial charge is 0.416 e. The van der Waals surface area contributed by atoms with Crippen molar-refractivity contribution in [3.05, 3.63) is 39.4 Å². The quantitative estimate of drug-likeness (QED) is 0.669. The van der Waals surface area contributed by atoms with Gasteiger partial charge in [0.15, 0.2) is 5.13 Å². The second-order valence-corrected chi connectivity index (χ2v) is 9.20. The SMILES string of the molecule is O=C(CN1CCc2nc(NC(=O)C3CCC3)sc2C1)Nc1cc(C(F)(F)F)ccc1Cl. The Morgan fingerprint density at radius 1 is 1.26 bits per heavy atom. The van der Waals surface area contributed by atoms with E-state index in [0.717, 1.165) is 48.0 Å². The van der Waals surface area contributed by atoms with E-state index in [0.29, 0.717) is 24.6 Å². The van der Waals surface area contributed by atoms with Gasteiger partial charge in [0, 0.05) is 30.3 Å². The first kappa shape index (κ1) is 22.0. The number of carbonyl (C=O) groups is 2. The monoisotopic (exact) mass is 472 g/mol. The van der Waals surface area contributed by atoms with Gasteiger partial charge in [-0.15, -0.1) is 11.3 Å². The third-order valence-corrected chi connectivity index (χ3v) is 6.78. The Kier molecular flexibility index (Phi) is 6.23. The molecule has 0 radical (unpaired) electrons. The second-order valence-electron chi connectivity index (χ2n) is 7.71. The summed E-state index contributed by atoms with van der Waals surface area (Å²) in [4.78, 5) is 31.9.